The summed E-state index contributed by atoms with van der Waals surface area (Å²) in [6, 6.07) is 1.59. The minimum absolute atomic E-state index is 0.0634. The summed E-state index contributed by atoms with van der Waals surface area (Å²) in [5, 5.41) is 10.6. The number of nitro groups is 1. The van der Waals surface area contributed by atoms with E-state index in [4.69, 9.17) is 0 Å². The van der Waals surface area contributed by atoms with Crippen LogP contribution in [0, 0.1) is 23.0 Å². The lowest BCUT2D eigenvalue weighted by Gasteiger charge is -2.18. The van der Waals surface area contributed by atoms with E-state index < -0.39 is 4.92 Å². The first-order valence-corrected chi connectivity index (χ1v) is 5.44. The summed E-state index contributed by atoms with van der Waals surface area (Å²) >= 11 is 0. The first kappa shape index (κ1) is 10.9. The van der Waals surface area contributed by atoms with Crippen LogP contribution in [0.4, 0.5) is 11.5 Å². The molecule has 0 aliphatic carbocycles. The summed E-state index contributed by atoms with van der Waals surface area (Å²) in [6.07, 6.45) is 2.50. The van der Waals surface area contributed by atoms with E-state index in [-0.39, 0.29) is 5.69 Å². The van der Waals surface area contributed by atoms with Gasteiger partial charge in [-0.15, -0.1) is 0 Å². The Bertz CT molecular complexity index is 420. The number of anilines is 1. The molecule has 5 nitrogen and oxygen atoms in total. The van der Waals surface area contributed by atoms with Crippen LogP contribution >= 0.6 is 0 Å². The lowest BCUT2D eigenvalue weighted by molar-refractivity contribution is -0.385. The minimum atomic E-state index is -0.406. The Morgan fingerprint density at radius 3 is 2.88 bits per heavy atom. The van der Waals surface area contributed by atoms with Gasteiger partial charge in [0, 0.05) is 19.2 Å². The molecule has 1 aromatic rings. The number of nitrogens with zero attached hydrogens (tertiary/aromatic N) is 3. The average molecular weight is 221 g/mol. The smallest absolute Gasteiger partial charge is 0.287 e. The van der Waals surface area contributed by atoms with E-state index in [1.165, 1.54) is 6.20 Å². The van der Waals surface area contributed by atoms with Gasteiger partial charge in [0.1, 0.15) is 12.0 Å². The van der Waals surface area contributed by atoms with Gasteiger partial charge in [0.2, 0.25) is 0 Å². The molecule has 1 aromatic heterocycles. The van der Waals surface area contributed by atoms with Gasteiger partial charge in [-0.1, -0.05) is 6.92 Å². The maximum atomic E-state index is 10.6. The molecule has 0 bridgehead atoms. The highest BCUT2D eigenvalue weighted by atomic mass is 16.6. The van der Waals surface area contributed by atoms with Crippen LogP contribution in [0.3, 0.4) is 0 Å². The van der Waals surface area contributed by atoms with Gasteiger partial charge in [-0.3, -0.25) is 10.1 Å². The second-order valence-electron chi connectivity index (χ2n) is 4.43. The van der Waals surface area contributed by atoms with Crippen molar-refractivity contribution in [3.05, 3.63) is 27.9 Å². The quantitative estimate of drug-likeness (QED) is 0.567. The first-order chi connectivity index (χ1) is 7.58. The van der Waals surface area contributed by atoms with Crippen LogP contribution in [0.5, 0.6) is 0 Å². The fraction of sp³-hybridized carbons (Fsp3) is 0.545. The topological polar surface area (TPSA) is 59.3 Å². The highest BCUT2D eigenvalue weighted by Crippen LogP contribution is 2.26. The zero-order chi connectivity index (χ0) is 11.7. The number of aryl methyl sites for hydroxylation is 1. The van der Waals surface area contributed by atoms with Crippen LogP contribution in [-0.2, 0) is 0 Å². The molecule has 0 radical (unpaired) electrons. The number of hydrogen-bond acceptors (Lipinski definition) is 4. The molecule has 0 unspecified atom stereocenters. The van der Waals surface area contributed by atoms with Crippen LogP contribution in [0.15, 0.2) is 12.3 Å². The zero-order valence-corrected chi connectivity index (χ0v) is 9.51. The van der Waals surface area contributed by atoms with Gasteiger partial charge in [0.25, 0.3) is 5.69 Å². The Hall–Kier alpha value is -1.65. The summed E-state index contributed by atoms with van der Waals surface area (Å²) in [4.78, 5) is 16.6. The third-order valence-electron chi connectivity index (χ3n) is 2.97. The Balaban J connectivity index is 2.26. The standard InChI is InChI=1S/C11H15N3O2/c1-8-3-4-13(7-8)11-9(2)5-10(6-12-11)14(15)16/h5-6,8H,3-4,7H2,1-2H3/t8-/m1/s1. The zero-order valence-electron chi connectivity index (χ0n) is 9.51. The monoisotopic (exact) mass is 221 g/mol. The van der Waals surface area contributed by atoms with E-state index in [0.717, 1.165) is 30.9 Å². The molecule has 1 aliphatic rings. The molecule has 2 rings (SSSR count). The van der Waals surface area contributed by atoms with Gasteiger partial charge in [-0.25, -0.2) is 4.98 Å². The van der Waals surface area contributed by atoms with E-state index in [2.05, 4.69) is 16.8 Å². The molecule has 0 spiro atoms. The fourth-order valence-electron chi connectivity index (χ4n) is 2.11. The maximum Gasteiger partial charge on any atom is 0.287 e. The number of hydrogen-bond donors (Lipinski definition) is 0. The molecule has 0 amide bonds. The van der Waals surface area contributed by atoms with Crippen LogP contribution in [-0.4, -0.2) is 23.0 Å². The fourth-order valence-corrected chi connectivity index (χ4v) is 2.11. The van der Waals surface area contributed by atoms with Crippen molar-refractivity contribution in [2.75, 3.05) is 18.0 Å². The van der Waals surface area contributed by atoms with Gasteiger partial charge < -0.3 is 4.90 Å². The third-order valence-corrected chi connectivity index (χ3v) is 2.97. The Labute approximate surface area is 94.2 Å². The Morgan fingerprint density at radius 1 is 1.62 bits per heavy atom. The normalized spacial score (nSPS) is 20.1. The van der Waals surface area contributed by atoms with Crippen LogP contribution < -0.4 is 4.90 Å². The second kappa shape index (κ2) is 4.08. The van der Waals surface area contributed by atoms with Crippen molar-refractivity contribution in [2.24, 2.45) is 5.92 Å². The molecule has 1 atom stereocenters. The van der Waals surface area contributed by atoms with Crippen molar-refractivity contribution in [3.8, 4) is 0 Å². The van der Waals surface area contributed by atoms with Gasteiger partial charge in [0.15, 0.2) is 0 Å². The van der Waals surface area contributed by atoms with E-state index in [1.807, 2.05) is 6.92 Å². The van der Waals surface area contributed by atoms with E-state index in [0.29, 0.717) is 5.92 Å². The Kier molecular flexibility index (Phi) is 2.77. The lowest BCUT2D eigenvalue weighted by Crippen LogP contribution is -2.21. The average Bonchev–Trinajstić information content (AvgIpc) is 2.64. The molecule has 5 heteroatoms. The Morgan fingerprint density at radius 2 is 2.38 bits per heavy atom. The van der Waals surface area contributed by atoms with Crippen molar-refractivity contribution < 1.29 is 4.92 Å². The van der Waals surface area contributed by atoms with Crippen molar-refractivity contribution in [3.63, 3.8) is 0 Å². The van der Waals surface area contributed by atoms with Gasteiger partial charge in [0.05, 0.1) is 4.92 Å². The minimum Gasteiger partial charge on any atom is -0.356 e. The van der Waals surface area contributed by atoms with Gasteiger partial charge >= 0.3 is 0 Å². The molecular weight excluding hydrogens is 206 g/mol. The number of pyridine rings is 1. The van der Waals surface area contributed by atoms with E-state index >= 15 is 0 Å². The van der Waals surface area contributed by atoms with Crippen molar-refractivity contribution >= 4 is 11.5 Å². The number of rotatable bonds is 2. The van der Waals surface area contributed by atoms with Crippen molar-refractivity contribution in [1.29, 1.82) is 0 Å². The molecular formula is C11H15N3O2. The van der Waals surface area contributed by atoms with Gasteiger partial charge in [-0.2, -0.15) is 0 Å². The second-order valence-corrected chi connectivity index (χ2v) is 4.43. The highest BCUT2D eigenvalue weighted by molar-refractivity contribution is 5.51. The third kappa shape index (κ3) is 1.98. The van der Waals surface area contributed by atoms with E-state index in [9.17, 15) is 10.1 Å². The van der Waals surface area contributed by atoms with Crippen LogP contribution in [0.25, 0.3) is 0 Å². The number of aromatic nitrogens is 1. The highest BCUT2D eigenvalue weighted by Gasteiger charge is 2.22. The lowest BCUT2D eigenvalue weighted by atomic mass is 10.2. The first-order valence-electron chi connectivity index (χ1n) is 5.44. The summed E-state index contributed by atoms with van der Waals surface area (Å²) in [5.41, 5.74) is 0.941. The molecule has 0 aromatic carbocycles. The molecule has 0 saturated carbocycles. The molecule has 1 aliphatic heterocycles. The predicted molar refractivity (Wildman–Crippen MR) is 61.6 cm³/mol. The SMILES string of the molecule is Cc1cc([N+](=O)[O-])cnc1N1CC[C@@H](C)C1. The summed E-state index contributed by atoms with van der Waals surface area (Å²) in [7, 11) is 0. The molecule has 2 heterocycles. The summed E-state index contributed by atoms with van der Waals surface area (Å²) in [5.74, 6) is 1.56. The van der Waals surface area contributed by atoms with Crippen molar-refractivity contribution in [2.45, 2.75) is 20.3 Å². The predicted octanol–water partition coefficient (Wildman–Crippen LogP) is 2.14. The van der Waals surface area contributed by atoms with E-state index in [1.54, 1.807) is 6.07 Å². The largest absolute Gasteiger partial charge is 0.356 e. The molecule has 1 saturated heterocycles. The van der Waals surface area contributed by atoms with Gasteiger partial charge in [-0.05, 0) is 24.8 Å². The van der Waals surface area contributed by atoms with Crippen molar-refractivity contribution in [1.82, 2.24) is 4.98 Å². The summed E-state index contributed by atoms with van der Waals surface area (Å²) in [6.45, 7) is 6.07. The molecule has 0 N–H and O–H groups in total. The summed E-state index contributed by atoms with van der Waals surface area (Å²) < 4.78 is 0. The molecule has 16 heavy (non-hydrogen) atoms. The van der Waals surface area contributed by atoms with Crippen LogP contribution in [0.1, 0.15) is 18.9 Å². The molecule has 1 fully saturated rings. The van der Waals surface area contributed by atoms with Crippen LogP contribution in [0.2, 0.25) is 0 Å². The molecule has 86 valence electrons. The maximum absolute atomic E-state index is 10.6.